The predicted octanol–water partition coefficient (Wildman–Crippen LogP) is 2.76. The minimum atomic E-state index is -0.215. The molecule has 2 unspecified atom stereocenters. The highest BCUT2D eigenvalue weighted by atomic mass is 16.3. The average molecular weight is 282 g/mol. The van der Waals surface area contributed by atoms with Gasteiger partial charge >= 0.3 is 6.03 Å². The molecule has 2 atom stereocenters. The van der Waals surface area contributed by atoms with Crippen LogP contribution in [-0.4, -0.2) is 42.3 Å². The van der Waals surface area contributed by atoms with Gasteiger partial charge in [-0.2, -0.15) is 0 Å². The van der Waals surface area contributed by atoms with Crippen LogP contribution >= 0.6 is 0 Å². The van der Waals surface area contributed by atoms with Crippen LogP contribution in [0.25, 0.3) is 0 Å². The molecule has 2 aliphatic carbocycles. The molecule has 0 radical (unpaired) electrons. The van der Waals surface area contributed by atoms with Gasteiger partial charge in [0.05, 0.1) is 6.10 Å². The first-order valence-electron chi connectivity index (χ1n) is 8.34. The Hall–Kier alpha value is -0.770. The quantitative estimate of drug-likeness (QED) is 0.736. The Balaban J connectivity index is 1.56. The first kappa shape index (κ1) is 15.6. The van der Waals surface area contributed by atoms with Crippen LogP contribution in [0.15, 0.2) is 0 Å². The van der Waals surface area contributed by atoms with E-state index in [2.05, 4.69) is 5.32 Å². The Labute approximate surface area is 122 Å². The Morgan fingerprint density at radius 3 is 2.60 bits per heavy atom. The van der Waals surface area contributed by atoms with Crippen molar-refractivity contribution in [2.75, 3.05) is 20.1 Å². The van der Waals surface area contributed by atoms with Gasteiger partial charge in [-0.25, -0.2) is 4.79 Å². The van der Waals surface area contributed by atoms with E-state index in [1.807, 2.05) is 7.05 Å². The number of rotatable bonds is 6. The summed E-state index contributed by atoms with van der Waals surface area (Å²) >= 11 is 0. The maximum Gasteiger partial charge on any atom is 0.317 e. The van der Waals surface area contributed by atoms with Gasteiger partial charge in [-0.3, -0.25) is 0 Å². The molecule has 0 aromatic rings. The van der Waals surface area contributed by atoms with Crippen LogP contribution < -0.4 is 5.32 Å². The van der Waals surface area contributed by atoms with Gasteiger partial charge in [0.15, 0.2) is 0 Å². The summed E-state index contributed by atoms with van der Waals surface area (Å²) in [5, 5.41) is 12.8. The van der Waals surface area contributed by atoms with E-state index >= 15 is 0 Å². The normalized spacial score (nSPS) is 26.9. The number of nitrogens with zero attached hydrogens (tertiary/aromatic N) is 1. The Kier molecular flexibility index (Phi) is 6.14. The summed E-state index contributed by atoms with van der Waals surface area (Å²) in [6.07, 6.45) is 10.7. The Morgan fingerprint density at radius 1 is 1.20 bits per heavy atom. The van der Waals surface area contributed by atoms with Crippen molar-refractivity contribution in [1.29, 1.82) is 0 Å². The number of amides is 2. The summed E-state index contributed by atoms with van der Waals surface area (Å²) < 4.78 is 0. The van der Waals surface area contributed by atoms with Crippen LogP contribution in [0.4, 0.5) is 4.79 Å². The lowest BCUT2D eigenvalue weighted by Crippen LogP contribution is -2.41. The van der Waals surface area contributed by atoms with Crippen molar-refractivity contribution >= 4 is 6.03 Å². The van der Waals surface area contributed by atoms with Crippen molar-refractivity contribution < 1.29 is 9.90 Å². The van der Waals surface area contributed by atoms with Crippen molar-refractivity contribution in [2.24, 2.45) is 11.8 Å². The maximum absolute atomic E-state index is 12.0. The first-order valence-corrected chi connectivity index (χ1v) is 8.34. The van der Waals surface area contributed by atoms with Gasteiger partial charge in [0, 0.05) is 26.1 Å². The highest BCUT2D eigenvalue weighted by molar-refractivity contribution is 5.73. The van der Waals surface area contributed by atoms with Crippen molar-refractivity contribution in [3.63, 3.8) is 0 Å². The molecular weight excluding hydrogens is 252 g/mol. The van der Waals surface area contributed by atoms with E-state index in [0.29, 0.717) is 6.54 Å². The average Bonchev–Trinajstić information content (AvgIpc) is 3.07. The standard InChI is InChI=1S/C16H30N2O2/c1-18(12-14-9-4-10-15(14)19)16(20)17-11-5-8-13-6-2-3-7-13/h13-15,19H,2-12H2,1H3,(H,17,20). The van der Waals surface area contributed by atoms with E-state index in [4.69, 9.17) is 0 Å². The van der Waals surface area contributed by atoms with Crippen molar-refractivity contribution in [2.45, 2.75) is 63.9 Å². The van der Waals surface area contributed by atoms with Gasteiger partial charge in [-0.15, -0.1) is 0 Å². The minimum Gasteiger partial charge on any atom is -0.393 e. The first-order chi connectivity index (χ1) is 9.66. The molecular formula is C16H30N2O2. The van der Waals surface area contributed by atoms with E-state index in [1.165, 1.54) is 32.1 Å². The zero-order valence-corrected chi connectivity index (χ0v) is 12.8. The molecule has 2 amide bonds. The van der Waals surface area contributed by atoms with Gasteiger partial charge in [0.2, 0.25) is 0 Å². The van der Waals surface area contributed by atoms with Crippen LogP contribution in [0.3, 0.4) is 0 Å². The van der Waals surface area contributed by atoms with Gasteiger partial charge in [-0.05, 0) is 31.6 Å². The topological polar surface area (TPSA) is 52.6 Å². The number of nitrogens with one attached hydrogen (secondary N) is 1. The molecule has 2 fully saturated rings. The molecule has 4 nitrogen and oxygen atoms in total. The summed E-state index contributed by atoms with van der Waals surface area (Å²) in [5.74, 6) is 1.17. The summed E-state index contributed by atoms with van der Waals surface area (Å²) in [5.41, 5.74) is 0. The van der Waals surface area contributed by atoms with Gasteiger partial charge in [0.25, 0.3) is 0 Å². The lowest BCUT2D eigenvalue weighted by Gasteiger charge is -2.23. The summed E-state index contributed by atoms with van der Waals surface area (Å²) in [6.45, 7) is 1.46. The molecule has 4 heteroatoms. The van der Waals surface area contributed by atoms with Crippen molar-refractivity contribution in [3.8, 4) is 0 Å². The van der Waals surface area contributed by atoms with Crippen molar-refractivity contribution in [3.05, 3.63) is 0 Å². The van der Waals surface area contributed by atoms with Gasteiger partial charge < -0.3 is 15.3 Å². The molecule has 0 aromatic carbocycles. The zero-order chi connectivity index (χ0) is 14.4. The number of aliphatic hydroxyl groups is 1. The Morgan fingerprint density at radius 2 is 1.95 bits per heavy atom. The lowest BCUT2D eigenvalue weighted by atomic mass is 10.0. The molecule has 0 saturated heterocycles. The third-order valence-electron chi connectivity index (χ3n) is 5.01. The van der Waals surface area contributed by atoms with Crippen LogP contribution in [0.1, 0.15) is 57.8 Å². The second-order valence-corrected chi connectivity index (χ2v) is 6.66. The molecule has 20 heavy (non-hydrogen) atoms. The zero-order valence-electron chi connectivity index (χ0n) is 12.8. The molecule has 2 aliphatic rings. The van der Waals surface area contributed by atoms with E-state index in [1.54, 1.807) is 4.90 Å². The second kappa shape index (κ2) is 7.87. The van der Waals surface area contributed by atoms with E-state index in [9.17, 15) is 9.90 Å². The highest BCUT2D eigenvalue weighted by Gasteiger charge is 2.27. The van der Waals surface area contributed by atoms with Gasteiger partial charge in [0.1, 0.15) is 0 Å². The molecule has 0 bridgehead atoms. The van der Waals surface area contributed by atoms with Crippen LogP contribution in [0, 0.1) is 11.8 Å². The molecule has 0 heterocycles. The van der Waals surface area contributed by atoms with E-state index in [0.717, 1.165) is 38.1 Å². The fourth-order valence-electron chi connectivity index (χ4n) is 3.68. The maximum atomic E-state index is 12.0. The Bertz CT molecular complexity index is 303. The number of aliphatic hydroxyl groups excluding tert-OH is 1. The third-order valence-corrected chi connectivity index (χ3v) is 5.01. The largest absolute Gasteiger partial charge is 0.393 e. The number of urea groups is 1. The fraction of sp³-hybridized carbons (Fsp3) is 0.938. The molecule has 0 aliphatic heterocycles. The van der Waals surface area contributed by atoms with Crippen LogP contribution in [0.5, 0.6) is 0 Å². The monoisotopic (exact) mass is 282 g/mol. The van der Waals surface area contributed by atoms with Crippen molar-refractivity contribution in [1.82, 2.24) is 10.2 Å². The minimum absolute atomic E-state index is 0.00974. The number of carbonyl (C=O) groups excluding carboxylic acids is 1. The second-order valence-electron chi connectivity index (χ2n) is 6.66. The smallest absolute Gasteiger partial charge is 0.317 e. The van der Waals surface area contributed by atoms with E-state index < -0.39 is 0 Å². The lowest BCUT2D eigenvalue weighted by molar-refractivity contribution is 0.114. The highest BCUT2D eigenvalue weighted by Crippen LogP contribution is 2.28. The van der Waals surface area contributed by atoms with Crippen LogP contribution in [-0.2, 0) is 0 Å². The summed E-state index contributed by atoms with van der Waals surface area (Å²) in [6, 6.07) is 0.00974. The molecule has 0 aromatic heterocycles. The summed E-state index contributed by atoms with van der Waals surface area (Å²) in [7, 11) is 1.83. The number of hydrogen-bond acceptors (Lipinski definition) is 2. The van der Waals surface area contributed by atoms with E-state index in [-0.39, 0.29) is 18.1 Å². The molecule has 2 rings (SSSR count). The van der Waals surface area contributed by atoms with Crippen LogP contribution in [0.2, 0.25) is 0 Å². The molecule has 116 valence electrons. The predicted molar refractivity (Wildman–Crippen MR) is 80.6 cm³/mol. The SMILES string of the molecule is CN(CC1CCCC1O)C(=O)NCCCC1CCCC1. The number of carbonyl (C=O) groups is 1. The molecule has 2 saturated carbocycles. The molecule has 0 spiro atoms. The third kappa shape index (κ3) is 4.65. The fourth-order valence-corrected chi connectivity index (χ4v) is 3.68. The number of hydrogen-bond donors (Lipinski definition) is 2. The summed E-state index contributed by atoms with van der Waals surface area (Å²) in [4.78, 5) is 13.7. The van der Waals surface area contributed by atoms with Gasteiger partial charge in [-0.1, -0.05) is 32.1 Å². The molecule has 2 N–H and O–H groups in total.